The topological polar surface area (TPSA) is 54.0 Å². The molecule has 0 bridgehead atoms. The number of allylic oxidation sites excluding steroid dienone is 3. The molecule has 0 unspecified atom stereocenters. The van der Waals surface area contributed by atoms with Gasteiger partial charge in [-0.05, 0) is 44.0 Å². The summed E-state index contributed by atoms with van der Waals surface area (Å²) in [4.78, 5) is 13.1. The van der Waals surface area contributed by atoms with Crippen LogP contribution >= 0.6 is 0 Å². The zero-order chi connectivity index (χ0) is 21.4. The molecule has 29 heavy (non-hydrogen) atoms. The molecule has 0 radical (unpaired) electrons. The van der Waals surface area contributed by atoms with Crippen molar-refractivity contribution in [3.8, 4) is 23.0 Å². The van der Waals surface area contributed by atoms with Crippen LogP contribution in [0.25, 0.3) is 6.08 Å². The van der Waals surface area contributed by atoms with Crippen molar-refractivity contribution in [3.05, 3.63) is 64.7 Å². The van der Waals surface area contributed by atoms with Crippen molar-refractivity contribution in [1.82, 2.24) is 0 Å². The Morgan fingerprint density at radius 2 is 1.55 bits per heavy atom. The minimum absolute atomic E-state index is 0.212. The highest BCUT2D eigenvalue weighted by atomic mass is 16.5. The molecule has 0 saturated heterocycles. The van der Waals surface area contributed by atoms with E-state index in [2.05, 4.69) is 6.08 Å². The van der Waals surface area contributed by atoms with Crippen LogP contribution in [0.4, 0.5) is 0 Å². The first-order chi connectivity index (χ1) is 13.9. The summed E-state index contributed by atoms with van der Waals surface area (Å²) in [5, 5.41) is 0. The van der Waals surface area contributed by atoms with E-state index in [1.54, 1.807) is 33.5 Å². The van der Waals surface area contributed by atoms with Crippen molar-refractivity contribution in [3.63, 3.8) is 0 Å². The second-order valence-electron chi connectivity index (χ2n) is 6.62. The summed E-state index contributed by atoms with van der Waals surface area (Å²) in [6.07, 6.45) is 5.91. The summed E-state index contributed by atoms with van der Waals surface area (Å²) in [5.41, 5.74) is 3.23. The van der Waals surface area contributed by atoms with Crippen molar-refractivity contribution in [2.45, 2.75) is 20.3 Å². The Labute approximate surface area is 172 Å². The molecule has 5 nitrogen and oxygen atoms in total. The van der Waals surface area contributed by atoms with E-state index in [4.69, 9.17) is 18.9 Å². The Hall–Kier alpha value is -3.21. The van der Waals surface area contributed by atoms with Crippen LogP contribution in [0.2, 0.25) is 0 Å². The standard InChI is InChI=1S/C24H28O5/c1-16(2)7-13-19-21(27-4)15-22(28-5)23(24(19)29-6)20(25)14-10-17-8-11-18(26-3)12-9-17/h7-12,14-15H,13H2,1-6H3/b14-10+. The van der Waals surface area contributed by atoms with E-state index >= 15 is 0 Å². The third-order valence-electron chi connectivity index (χ3n) is 4.45. The quantitative estimate of drug-likeness (QED) is 0.334. The highest BCUT2D eigenvalue weighted by Gasteiger charge is 2.23. The minimum Gasteiger partial charge on any atom is -0.497 e. The first-order valence-electron chi connectivity index (χ1n) is 9.26. The second kappa shape index (κ2) is 10.4. The molecule has 0 aromatic heterocycles. The second-order valence-corrected chi connectivity index (χ2v) is 6.62. The molecular formula is C24H28O5. The molecular weight excluding hydrogens is 368 g/mol. The SMILES string of the molecule is COc1ccc(/C=C/C(=O)c2c(OC)cc(OC)c(CC=C(C)C)c2OC)cc1. The predicted molar refractivity (Wildman–Crippen MR) is 116 cm³/mol. The Kier molecular flexibility index (Phi) is 7.89. The lowest BCUT2D eigenvalue weighted by atomic mass is 9.99. The van der Waals surface area contributed by atoms with Gasteiger partial charge in [-0.2, -0.15) is 0 Å². The van der Waals surface area contributed by atoms with Gasteiger partial charge >= 0.3 is 0 Å². The van der Waals surface area contributed by atoms with Gasteiger partial charge in [0.2, 0.25) is 0 Å². The number of rotatable bonds is 9. The zero-order valence-corrected chi connectivity index (χ0v) is 17.9. The lowest BCUT2D eigenvalue weighted by molar-refractivity contribution is 0.104. The molecule has 0 N–H and O–H groups in total. The van der Waals surface area contributed by atoms with E-state index < -0.39 is 0 Å². The number of ketones is 1. The fraction of sp³-hybridized carbons (Fsp3) is 0.292. The third-order valence-corrected chi connectivity index (χ3v) is 4.45. The number of carbonyl (C=O) groups is 1. The molecule has 2 aromatic rings. The van der Waals surface area contributed by atoms with Crippen molar-refractivity contribution >= 4 is 11.9 Å². The van der Waals surface area contributed by atoms with Gasteiger partial charge in [0.15, 0.2) is 5.78 Å². The molecule has 0 atom stereocenters. The average molecular weight is 396 g/mol. The van der Waals surface area contributed by atoms with E-state index in [9.17, 15) is 4.79 Å². The van der Waals surface area contributed by atoms with Gasteiger partial charge in [-0.15, -0.1) is 0 Å². The smallest absolute Gasteiger partial charge is 0.193 e. The molecule has 0 heterocycles. The van der Waals surface area contributed by atoms with Gasteiger partial charge in [-0.1, -0.05) is 29.9 Å². The largest absolute Gasteiger partial charge is 0.497 e. The third kappa shape index (κ3) is 5.41. The van der Waals surface area contributed by atoms with Crippen LogP contribution in [-0.2, 0) is 6.42 Å². The fourth-order valence-electron chi connectivity index (χ4n) is 2.92. The number of methoxy groups -OCH3 is 4. The van der Waals surface area contributed by atoms with E-state index in [1.807, 2.05) is 38.1 Å². The van der Waals surface area contributed by atoms with Gasteiger partial charge in [-0.25, -0.2) is 0 Å². The van der Waals surface area contributed by atoms with Crippen molar-refractivity contribution in [2.24, 2.45) is 0 Å². The van der Waals surface area contributed by atoms with Gasteiger partial charge in [0, 0.05) is 11.6 Å². The fourth-order valence-corrected chi connectivity index (χ4v) is 2.92. The van der Waals surface area contributed by atoms with E-state index in [-0.39, 0.29) is 5.78 Å². The maximum absolute atomic E-state index is 13.1. The zero-order valence-electron chi connectivity index (χ0n) is 17.9. The highest BCUT2D eigenvalue weighted by Crippen LogP contribution is 2.40. The number of ether oxygens (including phenoxy) is 4. The molecule has 0 aliphatic rings. The Balaban J connectivity index is 2.50. The molecule has 0 aliphatic carbocycles. The van der Waals surface area contributed by atoms with Gasteiger partial charge in [0.1, 0.15) is 28.6 Å². The van der Waals surface area contributed by atoms with Crippen LogP contribution in [0.3, 0.4) is 0 Å². The first kappa shape index (κ1) is 22.1. The Bertz CT molecular complexity index is 904. The van der Waals surface area contributed by atoms with Crippen molar-refractivity contribution in [1.29, 1.82) is 0 Å². The average Bonchev–Trinajstić information content (AvgIpc) is 2.74. The summed E-state index contributed by atoms with van der Waals surface area (Å²) in [7, 11) is 6.27. The predicted octanol–water partition coefficient (Wildman–Crippen LogP) is 5.13. The molecule has 2 rings (SSSR count). The normalized spacial score (nSPS) is 10.6. The summed E-state index contributed by atoms with van der Waals surface area (Å²) in [5.74, 6) is 2.03. The minimum atomic E-state index is -0.212. The summed E-state index contributed by atoms with van der Waals surface area (Å²) < 4.78 is 21.8. The number of hydrogen-bond acceptors (Lipinski definition) is 5. The van der Waals surface area contributed by atoms with Gasteiger partial charge in [-0.3, -0.25) is 4.79 Å². The van der Waals surface area contributed by atoms with Crippen molar-refractivity contribution in [2.75, 3.05) is 28.4 Å². The molecule has 2 aromatic carbocycles. The molecule has 0 fully saturated rings. The van der Waals surface area contributed by atoms with Crippen LogP contribution in [0.5, 0.6) is 23.0 Å². The highest BCUT2D eigenvalue weighted by molar-refractivity contribution is 6.11. The first-order valence-corrected chi connectivity index (χ1v) is 9.26. The van der Waals surface area contributed by atoms with E-state index in [0.717, 1.165) is 22.4 Å². The maximum Gasteiger partial charge on any atom is 0.193 e. The number of carbonyl (C=O) groups excluding carboxylic acids is 1. The van der Waals surface area contributed by atoms with E-state index in [0.29, 0.717) is 29.2 Å². The Morgan fingerprint density at radius 1 is 0.897 bits per heavy atom. The molecule has 5 heteroatoms. The van der Waals surface area contributed by atoms with Gasteiger partial charge in [0.25, 0.3) is 0 Å². The van der Waals surface area contributed by atoms with Crippen LogP contribution in [0, 0.1) is 0 Å². The lowest BCUT2D eigenvalue weighted by Crippen LogP contribution is -2.07. The van der Waals surface area contributed by atoms with Crippen LogP contribution in [0.1, 0.15) is 35.3 Å². The maximum atomic E-state index is 13.1. The van der Waals surface area contributed by atoms with Crippen LogP contribution < -0.4 is 18.9 Å². The Morgan fingerprint density at radius 3 is 2.07 bits per heavy atom. The molecule has 154 valence electrons. The summed E-state index contributed by atoms with van der Waals surface area (Å²) in [6.45, 7) is 4.04. The van der Waals surface area contributed by atoms with Crippen LogP contribution in [-0.4, -0.2) is 34.2 Å². The molecule has 0 aliphatic heterocycles. The van der Waals surface area contributed by atoms with Crippen molar-refractivity contribution < 1.29 is 23.7 Å². The van der Waals surface area contributed by atoms with Gasteiger partial charge in [0.05, 0.1) is 28.4 Å². The van der Waals surface area contributed by atoms with E-state index in [1.165, 1.54) is 13.2 Å². The summed E-state index contributed by atoms with van der Waals surface area (Å²) in [6, 6.07) is 9.17. The molecule has 0 spiro atoms. The lowest BCUT2D eigenvalue weighted by Gasteiger charge is -2.18. The van der Waals surface area contributed by atoms with Crippen LogP contribution in [0.15, 0.2) is 48.1 Å². The summed E-state index contributed by atoms with van der Waals surface area (Å²) >= 11 is 0. The number of benzene rings is 2. The molecule has 0 amide bonds. The van der Waals surface area contributed by atoms with Gasteiger partial charge < -0.3 is 18.9 Å². The molecule has 0 saturated carbocycles. The number of hydrogen-bond donors (Lipinski definition) is 0. The monoisotopic (exact) mass is 396 g/mol.